The first kappa shape index (κ1) is 16.6. The van der Waals surface area contributed by atoms with Gasteiger partial charge in [0.25, 0.3) is 0 Å². The van der Waals surface area contributed by atoms with E-state index in [1.165, 1.54) is 0 Å². The van der Waals surface area contributed by atoms with Gasteiger partial charge in [0.05, 0.1) is 19.2 Å². The standard InChI is InChI=1S/C20H19N3O2/c1-25-19-5-3-2-4-17(19)13-20(24)23-14-15-6-11-22-18(12-15)16-7-9-21-10-8-16/h2-12H,13-14H2,1H3,(H,23,24). The largest absolute Gasteiger partial charge is 0.496 e. The van der Waals surface area contributed by atoms with E-state index in [2.05, 4.69) is 15.3 Å². The first-order valence-electron chi connectivity index (χ1n) is 8.00. The normalized spacial score (nSPS) is 10.3. The van der Waals surface area contributed by atoms with Gasteiger partial charge in [-0.3, -0.25) is 14.8 Å². The van der Waals surface area contributed by atoms with Gasteiger partial charge in [-0.2, -0.15) is 0 Å². The number of hydrogen-bond acceptors (Lipinski definition) is 4. The monoisotopic (exact) mass is 333 g/mol. The van der Waals surface area contributed by atoms with Gasteiger partial charge in [-0.05, 0) is 35.9 Å². The number of benzene rings is 1. The van der Waals surface area contributed by atoms with Gasteiger partial charge >= 0.3 is 0 Å². The van der Waals surface area contributed by atoms with Crippen molar-refractivity contribution >= 4 is 5.91 Å². The Kier molecular flexibility index (Phi) is 5.36. The summed E-state index contributed by atoms with van der Waals surface area (Å²) in [5.74, 6) is 0.674. The summed E-state index contributed by atoms with van der Waals surface area (Å²) in [6.07, 6.45) is 5.50. The highest BCUT2D eigenvalue weighted by Gasteiger charge is 2.08. The molecule has 0 saturated carbocycles. The number of nitrogens with zero attached hydrogens (tertiary/aromatic N) is 2. The van der Waals surface area contributed by atoms with E-state index >= 15 is 0 Å². The number of carbonyl (C=O) groups is 1. The summed E-state index contributed by atoms with van der Waals surface area (Å²) in [6, 6.07) is 15.2. The Morgan fingerprint density at radius 2 is 1.88 bits per heavy atom. The third-order valence-corrected chi connectivity index (χ3v) is 3.83. The molecule has 3 aromatic rings. The molecule has 1 N–H and O–H groups in total. The van der Waals surface area contributed by atoms with Crippen molar-refractivity contribution in [3.8, 4) is 17.0 Å². The van der Waals surface area contributed by atoms with E-state index in [-0.39, 0.29) is 12.3 Å². The summed E-state index contributed by atoms with van der Waals surface area (Å²) in [7, 11) is 1.61. The van der Waals surface area contributed by atoms with Crippen LogP contribution in [0, 0.1) is 0 Å². The van der Waals surface area contributed by atoms with Crippen LogP contribution < -0.4 is 10.1 Å². The molecular formula is C20H19N3O2. The molecule has 0 aliphatic carbocycles. The van der Waals surface area contributed by atoms with Crippen molar-refractivity contribution in [1.29, 1.82) is 0 Å². The average molecular weight is 333 g/mol. The molecule has 0 radical (unpaired) electrons. The van der Waals surface area contributed by atoms with Gasteiger partial charge in [-0.1, -0.05) is 18.2 Å². The molecular weight excluding hydrogens is 314 g/mol. The molecule has 1 amide bonds. The molecule has 0 spiro atoms. The summed E-state index contributed by atoms with van der Waals surface area (Å²) >= 11 is 0. The smallest absolute Gasteiger partial charge is 0.224 e. The zero-order chi connectivity index (χ0) is 17.5. The molecule has 1 aromatic carbocycles. The molecule has 3 rings (SSSR count). The third-order valence-electron chi connectivity index (χ3n) is 3.83. The van der Waals surface area contributed by atoms with Crippen molar-refractivity contribution in [3.63, 3.8) is 0 Å². The lowest BCUT2D eigenvalue weighted by Crippen LogP contribution is -2.24. The van der Waals surface area contributed by atoms with Gasteiger partial charge in [0.15, 0.2) is 0 Å². The van der Waals surface area contributed by atoms with Crippen LogP contribution in [0.5, 0.6) is 5.75 Å². The van der Waals surface area contributed by atoms with Crippen molar-refractivity contribution in [3.05, 3.63) is 78.2 Å². The van der Waals surface area contributed by atoms with Gasteiger partial charge in [0.1, 0.15) is 5.75 Å². The third kappa shape index (κ3) is 4.41. The second-order valence-electron chi connectivity index (χ2n) is 5.55. The maximum absolute atomic E-state index is 12.2. The second kappa shape index (κ2) is 8.06. The zero-order valence-electron chi connectivity index (χ0n) is 14.0. The lowest BCUT2D eigenvalue weighted by Gasteiger charge is -2.09. The van der Waals surface area contributed by atoms with Crippen LogP contribution >= 0.6 is 0 Å². The first-order valence-corrected chi connectivity index (χ1v) is 8.00. The number of para-hydroxylation sites is 1. The molecule has 0 fully saturated rings. The van der Waals surface area contributed by atoms with E-state index in [9.17, 15) is 4.79 Å². The van der Waals surface area contributed by atoms with Crippen LogP contribution in [-0.4, -0.2) is 23.0 Å². The summed E-state index contributed by atoms with van der Waals surface area (Å²) in [5, 5.41) is 2.94. The fraction of sp³-hybridized carbons (Fsp3) is 0.150. The number of carbonyl (C=O) groups excluding carboxylic acids is 1. The van der Waals surface area contributed by atoms with E-state index in [0.717, 1.165) is 28.1 Å². The number of aromatic nitrogens is 2. The highest BCUT2D eigenvalue weighted by atomic mass is 16.5. The molecule has 0 aliphatic rings. The minimum Gasteiger partial charge on any atom is -0.496 e. The Morgan fingerprint density at radius 3 is 2.68 bits per heavy atom. The number of methoxy groups -OCH3 is 1. The van der Waals surface area contributed by atoms with Crippen LogP contribution in [0.25, 0.3) is 11.3 Å². The van der Waals surface area contributed by atoms with E-state index in [1.807, 2.05) is 48.5 Å². The quantitative estimate of drug-likeness (QED) is 0.753. The van der Waals surface area contributed by atoms with Gasteiger partial charge in [0.2, 0.25) is 5.91 Å². The van der Waals surface area contributed by atoms with Crippen LogP contribution in [0.1, 0.15) is 11.1 Å². The van der Waals surface area contributed by atoms with Crippen LogP contribution in [0.15, 0.2) is 67.1 Å². The maximum atomic E-state index is 12.2. The van der Waals surface area contributed by atoms with Crippen molar-refractivity contribution < 1.29 is 9.53 Å². The van der Waals surface area contributed by atoms with Crippen LogP contribution in [0.4, 0.5) is 0 Å². The number of rotatable bonds is 6. The Balaban J connectivity index is 1.63. The van der Waals surface area contributed by atoms with Gasteiger partial charge in [0, 0.05) is 36.3 Å². The average Bonchev–Trinajstić information content (AvgIpc) is 2.68. The Bertz CT molecular complexity index is 850. The molecule has 126 valence electrons. The predicted octanol–water partition coefficient (Wildman–Crippen LogP) is 3.01. The first-order chi connectivity index (χ1) is 12.3. The SMILES string of the molecule is COc1ccccc1CC(=O)NCc1ccnc(-c2ccncc2)c1. The maximum Gasteiger partial charge on any atom is 0.224 e. The van der Waals surface area contributed by atoms with E-state index in [0.29, 0.717) is 6.54 Å². The van der Waals surface area contributed by atoms with Gasteiger partial charge < -0.3 is 10.1 Å². The summed E-state index contributed by atoms with van der Waals surface area (Å²) in [5.41, 5.74) is 3.72. The van der Waals surface area contributed by atoms with E-state index in [4.69, 9.17) is 4.74 Å². The Labute approximate surface area is 146 Å². The van der Waals surface area contributed by atoms with Crippen molar-refractivity contribution in [2.24, 2.45) is 0 Å². The molecule has 0 unspecified atom stereocenters. The van der Waals surface area contributed by atoms with Crippen molar-refractivity contribution in [2.45, 2.75) is 13.0 Å². The summed E-state index contributed by atoms with van der Waals surface area (Å²) in [4.78, 5) is 20.6. The number of hydrogen-bond donors (Lipinski definition) is 1. The summed E-state index contributed by atoms with van der Waals surface area (Å²) in [6.45, 7) is 0.453. The number of amides is 1. The highest BCUT2D eigenvalue weighted by Crippen LogP contribution is 2.18. The number of nitrogens with one attached hydrogen (secondary N) is 1. The van der Waals surface area contributed by atoms with Gasteiger partial charge in [-0.15, -0.1) is 0 Å². The molecule has 2 heterocycles. The zero-order valence-corrected chi connectivity index (χ0v) is 14.0. The highest BCUT2D eigenvalue weighted by molar-refractivity contribution is 5.79. The Hall–Kier alpha value is -3.21. The summed E-state index contributed by atoms with van der Waals surface area (Å²) < 4.78 is 5.28. The Morgan fingerprint density at radius 1 is 1.08 bits per heavy atom. The van der Waals surface area contributed by atoms with Crippen LogP contribution in [0.3, 0.4) is 0 Å². The van der Waals surface area contributed by atoms with Crippen LogP contribution in [0.2, 0.25) is 0 Å². The molecule has 0 saturated heterocycles. The number of ether oxygens (including phenoxy) is 1. The minimum atomic E-state index is -0.0493. The lowest BCUT2D eigenvalue weighted by atomic mass is 10.1. The van der Waals surface area contributed by atoms with Crippen molar-refractivity contribution in [1.82, 2.24) is 15.3 Å². The number of pyridine rings is 2. The van der Waals surface area contributed by atoms with Crippen molar-refractivity contribution in [2.75, 3.05) is 7.11 Å². The lowest BCUT2D eigenvalue weighted by molar-refractivity contribution is -0.120. The fourth-order valence-electron chi connectivity index (χ4n) is 2.55. The molecule has 5 heteroatoms. The predicted molar refractivity (Wildman–Crippen MR) is 96.0 cm³/mol. The molecule has 5 nitrogen and oxygen atoms in total. The van der Waals surface area contributed by atoms with E-state index in [1.54, 1.807) is 25.7 Å². The molecule has 0 atom stereocenters. The van der Waals surface area contributed by atoms with Crippen LogP contribution in [-0.2, 0) is 17.8 Å². The molecule has 0 bridgehead atoms. The topological polar surface area (TPSA) is 64.1 Å². The minimum absolute atomic E-state index is 0.0493. The molecule has 0 aliphatic heterocycles. The van der Waals surface area contributed by atoms with Gasteiger partial charge in [-0.25, -0.2) is 0 Å². The second-order valence-corrected chi connectivity index (χ2v) is 5.55. The molecule has 2 aromatic heterocycles. The molecule has 25 heavy (non-hydrogen) atoms. The fourth-order valence-corrected chi connectivity index (χ4v) is 2.55. The van der Waals surface area contributed by atoms with E-state index < -0.39 is 0 Å².